The molecular formula is C28H40N4O5. The number of nitrogens with zero attached hydrogens (tertiary/aromatic N) is 1. The van der Waals surface area contributed by atoms with Crippen LogP contribution in [0.15, 0.2) is 24.3 Å². The van der Waals surface area contributed by atoms with Gasteiger partial charge in [-0.15, -0.1) is 0 Å². The number of rotatable bonds is 8. The van der Waals surface area contributed by atoms with Crippen molar-refractivity contribution in [3.63, 3.8) is 0 Å². The third-order valence-electron chi connectivity index (χ3n) is 6.54. The molecule has 0 spiro atoms. The van der Waals surface area contributed by atoms with Crippen LogP contribution < -0.4 is 16.0 Å². The van der Waals surface area contributed by atoms with Crippen LogP contribution in [0.5, 0.6) is 0 Å². The second-order valence-corrected chi connectivity index (χ2v) is 10.4. The van der Waals surface area contributed by atoms with Crippen molar-refractivity contribution in [3.8, 4) is 6.07 Å². The van der Waals surface area contributed by atoms with Gasteiger partial charge in [0.1, 0.15) is 24.2 Å². The number of cyclic esters (lactones) is 1. The van der Waals surface area contributed by atoms with Gasteiger partial charge in [-0.3, -0.25) is 14.4 Å². The highest BCUT2D eigenvalue weighted by Gasteiger charge is 2.33. The molecule has 0 aliphatic carbocycles. The molecule has 1 aromatic rings. The summed E-state index contributed by atoms with van der Waals surface area (Å²) in [6, 6.07) is 6.02. The summed E-state index contributed by atoms with van der Waals surface area (Å²) in [7, 11) is 0. The summed E-state index contributed by atoms with van der Waals surface area (Å²) in [5.41, 5.74) is 1.23. The van der Waals surface area contributed by atoms with Gasteiger partial charge in [0.2, 0.25) is 17.7 Å². The molecule has 0 bridgehead atoms. The number of unbranched alkanes of at least 4 members (excludes halogenated alkanes) is 1. The number of benzene rings is 1. The van der Waals surface area contributed by atoms with Gasteiger partial charge in [0, 0.05) is 6.42 Å². The van der Waals surface area contributed by atoms with Gasteiger partial charge < -0.3 is 20.7 Å². The molecule has 1 fully saturated rings. The van der Waals surface area contributed by atoms with Crippen LogP contribution in [0, 0.1) is 23.2 Å². The standard InChI is InChI=1S/C28H40N4O5/c1-6-7-8-18(4)24-15-25(33)31-22(14-20-9-11-21(16-29)12-10-20)27(35)30-19(5)26(34)32-23(13-17(2)3)28(36)37-24/h9-12,17-19,22-24H,6-8,13-15H2,1-5H3,(H,30,35)(H,31,33)(H,32,34)/t18-,19-,22+,23+,24+/m0/s1. The normalized spacial score (nSPS) is 24.4. The van der Waals surface area contributed by atoms with Crippen LogP contribution in [0.1, 0.15) is 77.8 Å². The van der Waals surface area contributed by atoms with Crippen molar-refractivity contribution in [1.82, 2.24) is 16.0 Å². The molecule has 3 N–H and O–H groups in total. The topological polar surface area (TPSA) is 137 Å². The van der Waals surface area contributed by atoms with E-state index in [9.17, 15) is 19.2 Å². The predicted octanol–water partition coefficient (Wildman–Crippen LogP) is 2.76. The SMILES string of the molecule is CCCC[C@H](C)[C@H]1CC(=O)N[C@H](Cc2ccc(C#N)cc2)C(=O)N[C@@H](C)C(=O)N[C@H](CC(C)C)C(=O)O1. The minimum absolute atomic E-state index is 0.0834. The Bertz CT molecular complexity index is 985. The Hall–Kier alpha value is -3.41. The van der Waals surface area contributed by atoms with E-state index in [1.165, 1.54) is 6.92 Å². The van der Waals surface area contributed by atoms with E-state index in [0.29, 0.717) is 12.0 Å². The lowest BCUT2D eigenvalue weighted by Crippen LogP contribution is -2.55. The molecule has 9 heteroatoms. The molecule has 1 aromatic carbocycles. The first-order chi connectivity index (χ1) is 17.5. The predicted molar refractivity (Wildman–Crippen MR) is 139 cm³/mol. The first kappa shape index (κ1) is 29.8. The molecule has 2 rings (SSSR count). The highest BCUT2D eigenvalue weighted by atomic mass is 16.5. The van der Waals surface area contributed by atoms with E-state index < -0.39 is 47.9 Å². The Morgan fingerprint density at radius 3 is 2.27 bits per heavy atom. The van der Waals surface area contributed by atoms with Crippen LogP contribution >= 0.6 is 0 Å². The molecule has 3 amide bonds. The van der Waals surface area contributed by atoms with Gasteiger partial charge in [0.25, 0.3) is 0 Å². The van der Waals surface area contributed by atoms with Crippen LogP contribution in [-0.4, -0.2) is 47.9 Å². The van der Waals surface area contributed by atoms with Crippen LogP contribution in [0.25, 0.3) is 0 Å². The molecule has 0 unspecified atom stereocenters. The smallest absolute Gasteiger partial charge is 0.328 e. The van der Waals surface area contributed by atoms with E-state index >= 15 is 0 Å². The molecule has 202 valence electrons. The number of carbonyl (C=O) groups excluding carboxylic acids is 4. The van der Waals surface area contributed by atoms with Crippen molar-refractivity contribution < 1.29 is 23.9 Å². The fraction of sp³-hybridized carbons (Fsp3) is 0.607. The first-order valence-corrected chi connectivity index (χ1v) is 13.1. The number of hydrogen-bond donors (Lipinski definition) is 3. The quantitative estimate of drug-likeness (QED) is 0.458. The second-order valence-electron chi connectivity index (χ2n) is 10.4. The largest absolute Gasteiger partial charge is 0.460 e. The fourth-order valence-electron chi connectivity index (χ4n) is 4.26. The highest BCUT2D eigenvalue weighted by molar-refractivity contribution is 5.94. The minimum Gasteiger partial charge on any atom is -0.460 e. The third kappa shape index (κ3) is 9.52. The van der Waals surface area contributed by atoms with E-state index in [2.05, 4.69) is 28.9 Å². The molecule has 0 radical (unpaired) electrons. The summed E-state index contributed by atoms with van der Waals surface area (Å²) >= 11 is 0. The van der Waals surface area contributed by atoms with Crippen LogP contribution in [0.4, 0.5) is 0 Å². The summed E-state index contributed by atoms with van der Waals surface area (Å²) in [6.07, 6.45) is 2.42. The number of amides is 3. The third-order valence-corrected chi connectivity index (χ3v) is 6.54. The highest BCUT2D eigenvalue weighted by Crippen LogP contribution is 2.21. The van der Waals surface area contributed by atoms with Crippen molar-refractivity contribution in [3.05, 3.63) is 35.4 Å². The van der Waals surface area contributed by atoms with E-state index in [1.54, 1.807) is 24.3 Å². The van der Waals surface area contributed by atoms with Gasteiger partial charge in [-0.25, -0.2) is 4.79 Å². The monoisotopic (exact) mass is 512 g/mol. The lowest BCUT2D eigenvalue weighted by molar-refractivity contribution is -0.157. The van der Waals surface area contributed by atoms with Gasteiger partial charge in [-0.2, -0.15) is 5.26 Å². The molecular weight excluding hydrogens is 472 g/mol. The van der Waals surface area contributed by atoms with Gasteiger partial charge in [0.05, 0.1) is 18.1 Å². The van der Waals surface area contributed by atoms with Crippen molar-refractivity contribution >= 4 is 23.7 Å². The van der Waals surface area contributed by atoms with Gasteiger partial charge in [0.15, 0.2) is 0 Å². The Kier molecular flexibility index (Phi) is 11.6. The Balaban J connectivity index is 2.36. The lowest BCUT2D eigenvalue weighted by Gasteiger charge is -2.27. The average Bonchev–Trinajstić information content (AvgIpc) is 2.85. The zero-order chi connectivity index (χ0) is 27.5. The van der Waals surface area contributed by atoms with Crippen molar-refractivity contribution in [2.24, 2.45) is 11.8 Å². The van der Waals surface area contributed by atoms with Crippen LogP contribution in [0.3, 0.4) is 0 Å². The number of carbonyl (C=O) groups is 4. The lowest BCUT2D eigenvalue weighted by atomic mass is 9.94. The molecule has 37 heavy (non-hydrogen) atoms. The number of esters is 1. The maximum Gasteiger partial charge on any atom is 0.328 e. The summed E-state index contributed by atoms with van der Waals surface area (Å²) < 4.78 is 5.85. The summed E-state index contributed by atoms with van der Waals surface area (Å²) in [4.78, 5) is 52.3. The number of ether oxygens (including phenoxy) is 1. The minimum atomic E-state index is -0.954. The zero-order valence-electron chi connectivity index (χ0n) is 22.5. The molecule has 1 heterocycles. The van der Waals surface area contributed by atoms with E-state index in [4.69, 9.17) is 10.00 Å². The summed E-state index contributed by atoms with van der Waals surface area (Å²) in [5, 5.41) is 17.2. The van der Waals surface area contributed by atoms with Gasteiger partial charge in [-0.05, 0) is 49.3 Å². The maximum absolute atomic E-state index is 13.2. The van der Waals surface area contributed by atoms with Crippen LogP contribution in [0.2, 0.25) is 0 Å². The Labute approximate surface area is 219 Å². The zero-order valence-corrected chi connectivity index (χ0v) is 22.5. The number of nitrogens with one attached hydrogen (secondary N) is 3. The van der Waals surface area contributed by atoms with Crippen molar-refractivity contribution in [1.29, 1.82) is 5.26 Å². The molecule has 1 aliphatic rings. The summed E-state index contributed by atoms with van der Waals surface area (Å²) in [6.45, 7) is 9.42. The van der Waals surface area contributed by atoms with E-state index in [0.717, 1.165) is 24.8 Å². The fourth-order valence-corrected chi connectivity index (χ4v) is 4.26. The van der Waals surface area contributed by atoms with Gasteiger partial charge >= 0.3 is 5.97 Å². The Morgan fingerprint density at radius 1 is 1.00 bits per heavy atom. The Morgan fingerprint density at radius 2 is 1.68 bits per heavy atom. The molecule has 1 aliphatic heterocycles. The van der Waals surface area contributed by atoms with Crippen molar-refractivity contribution in [2.45, 2.75) is 97.4 Å². The molecule has 0 aromatic heterocycles. The van der Waals surface area contributed by atoms with Gasteiger partial charge in [-0.1, -0.05) is 52.7 Å². The van der Waals surface area contributed by atoms with Crippen LogP contribution in [-0.2, 0) is 30.3 Å². The number of hydrogen-bond acceptors (Lipinski definition) is 6. The van der Waals surface area contributed by atoms with E-state index in [-0.39, 0.29) is 24.7 Å². The summed E-state index contributed by atoms with van der Waals surface area (Å²) in [5.74, 6) is -1.98. The average molecular weight is 513 g/mol. The molecule has 9 nitrogen and oxygen atoms in total. The first-order valence-electron chi connectivity index (χ1n) is 13.1. The van der Waals surface area contributed by atoms with Crippen molar-refractivity contribution in [2.75, 3.05) is 0 Å². The molecule has 0 saturated carbocycles. The van der Waals surface area contributed by atoms with E-state index in [1.807, 2.05) is 20.8 Å². The molecule has 1 saturated heterocycles. The maximum atomic E-state index is 13.2. The second kappa shape index (κ2) is 14.4. The number of nitriles is 1. The molecule has 5 atom stereocenters.